The SMILES string of the molecule is Cc1cn(I)nc1C(F)(F)F. The zero-order valence-corrected chi connectivity index (χ0v) is 7.64. The summed E-state index contributed by atoms with van der Waals surface area (Å²) < 4.78 is 37.1. The molecule has 0 saturated heterocycles. The van der Waals surface area contributed by atoms with Gasteiger partial charge in [-0.05, 0) is 6.92 Å². The molecule has 6 heteroatoms. The molecule has 0 unspecified atom stereocenters. The van der Waals surface area contributed by atoms with Gasteiger partial charge in [-0.1, -0.05) is 0 Å². The third kappa shape index (κ3) is 1.85. The topological polar surface area (TPSA) is 17.8 Å². The van der Waals surface area contributed by atoms with E-state index in [1.807, 2.05) is 0 Å². The van der Waals surface area contributed by atoms with Crippen molar-refractivity contribution in [1.29, 1.82) is 0 Å². The van der Waals surface area contributed by atoms with E-state index >= 15 is 0 Å². The van der Waals surface area contributed by atoms with Crippen LogP contribution in [0.5, 0.6) is 0 Å². The second-order valence-electron chi connectivity index (χ2n) is 2.05. The summed E-state index contributed by atoms with van der Waals surface area (Å²) in [7, 11) is 0. The van der Waals surface area contributed by atoms with Gasteiger partial charge in [-0.2, -0.15) is 18.3 Å². The lowest BCUT2D eigenvalue weighted by Crippen LogP contribution is -2.07. The average molecular weight is 276 g/mol. The Morgan fingerprint density at radius 3 is 2.27 bits per heavy atom. The highest BCUT2D eigenvalue weighted by atomic mass is 127. The highest BCUT2D eigenvalue weighted by molar-refractivity contribution is 14.1. The Hall–Kier alpha value is -0.270. The van der Waals surface area contributed by atoms with Crippen LogP contribution in [0.4, 0.5) is 13.2 Å². The molecule has 0 aliphatic heterocycles. The average Bonchev–Trinajstić information content (AvgIpc) is 2.08. The summed E-state index contributed by atoms with van der Waals surface area (Å²) in [5.74, 6) is 0. The van der Waals surface area contributed by atoms with Crippen molar-refractivity contribution < 1.29 is 13.2 Å². The first-order chi connectivity index (χ1) is 4.91. The van der Waals surface area contributed by atoms with Gasteiger partial charge in [0.25, 0.3) is 0 Å². The molecule has 0 aromatic carbocycles. The summed E-state index contributed by atoms with van der Waals surface area (Å²) in [6, 6.07) is 0. The number of aromatic nitrogens is 2. The van der Waals surface area contributed by atoms with Crippen LogP contribution >= 0.6 is 22.9 Å². The second-order valence-corrected chi connectivity index (χ2v) is 3.04. The third-order valence-corrected chi connectivity index (χ3v) is 1.63. The van der Waals surface area contributed by atoms with Crippen LogP contribution < -0.4 is 0 Å². The van der Waals surface area contributed by atoms with Crippen LogP contribution in [0.25, 0.3) is 0 Å². The van der Waals surface area contributed by atoms with Crippen LogP contribution in [0.3, 0.4) is 0 Å². The molecule has 1 aromatic rings. The lowest BCUT2D eigenvalue weighted by atomic mass is 10.3. The molecule has 1 aromatic heterocycles. The Morgan fingerprint density at radius 1 is 1.55 bits per heavy atom. The third-order valence-electron chi connectivity index (χ3n) is 1.14. The quantitative estimate of drug-likeness (QED) is 0.665. The smallest absolute Gasteiger partial charge is 0.211 e. The molecule has 0 bridgehead atoms. The Balaban J connectivity index is 3.13. The van der Waals surface area contributed by atoms with Gasteiger partial charge in [-0.3, -0.25) is 0 Å². The van der Waals surface area contributed by atoms with Crippen LogP contribution in [0.15, 0.2) is 6.20 Å². The van der Waals surface area contributed by atoms with Crippen LogP contribution in [0.1, 0.15) is 11.3 Å². The van der Waals surface area contributed by atoms with Crippen molar-refractivity contribution in [1.82, 2.24) is 7.99 Å². The summed E-state index contributed by atoms with van der Waals surface area (Å²) in [5.41, 5.74) is -0.668. The molecule has 0 radical (unpaired) electrons. The summed E-state index contributed by atoms with van der Waals surface area (Å²) in [6.45, 7) is 1.38. The number of hydrogen-bond acceptors (Lipinski definition) is 1. The summed E-state index contributed by atoms with van der Waals surface area (Å²) in [5, 5.41) is 3.26. The summed E-state index contributed by atoms with van der Waals surface area (Å²) >= 11 is 1.67. The van der Waals surface area contributed by atoms with Crippen LogP contribution in [-0.2, 0) is 6.18 Å². The Bertz CT molecular complexity index is 265. The molecule has 0 saturated carbocycles. The normalized spacial score (nSPS) is 12.1. The predicted molar refractivity (Wildman–Crippen MR) is 41.4 cm³/mol. The predicted octanol–water partition coefficient (Wildman–Crippen LogP) is 2.41. The van der Waals surface area contributed by atoms with Gasteiger partial charge in [0.1, 0.15) is 0 Å². The molecular weight excluding hydrogens is 272 g/mol. The number of hydrogen-bond donors (Lipinski definition) is 0. The number of nitrogens with zero attached hydrogens (tertiary/aromatic N) is 2. The van der Waals surface area contributed by atoms with Crippen LogP contribution in [0, 0.1) is 6.92 Å². The molecule has 0 atom stereocenters. The molecule has 1 heterocycles. The van der Waals surface area contributed by atoms with Crippen molar-refractivity contribution in [3.63, 3.8) is 0 Å². The molecule has 0 aliphatic carbocycles. The minimum Gasteiger partial charge on any atom is -0.211 e. The van der Waals surface area contributed by atoms with Crippen LogP contribution in [0.2, 0.25) is 0 Å². The highest BCUT2D eigenvalue weighted by Gasteiger charge is 2.35. The van der Waals surface area contributed by atoms with Crippen molar-refractivity contribution in [3.05, 3.63) is 17.5 Å². The Labute approximate surface area is 74.9 Å². The molecular formula is C5H4F3IN2. The number of alkyl halides is 3. The van der Waals surface area contributed by atoms with E-state index in [9.17, 15) is 13.2 Å². The molecule has 0 fully saturated rings. The van der Waals surface area contributed by atoms with E-state index in [0.29, 0.717) is 0 Å². The molecule has 0 aliphatic rings. The summed E-state index contributed by atoms with van der Waals surface area (Å²) in [6.07, 6.45) is -3.01. The summed E-state index contributed by atoms with van der Waals surface area (Å²) in [4.78, 5) is 0. The van der Waals surface area contributed by atoms with Crippen molar-refractivity contribution >= 4 is 22.9 Å². The first-order valence-electron chi connectivity index (χ1n) is 2.71. The van der Waals surface area contributed by atoms with Gasteiger partial charge in [0, 0.05) is 11.8 Å². The maximum atomic E-state index is 12.0. The van der Waals surface area contributed by atoms with Crippen molar-refractivity contribution in [2.45, 2.75) is 13.1 Å². The van der Waals surface area contributed by atoms with E-state index in [-0.39, 0.29) is 5.56 Å². The molecule has 0 N–H and O–H groups in total. The Kier molecular flexibility index (Phi) is 2.13. The van der Waals surface area contributed by atoms with Gasteiger partial charge in [0.15, 0.2) is 5.69 Å². The van der Waals surface area contributed by atoms with E-state index < -0.39 is 11.9 Å². The Morgan fingerprint density at radius 2 is 2.09 bits per heavy atom. The lowest BCUT2D eigenvalue weighted by molar-refractivity contribution is -0.141. The lowest BCUT2D eigenvalue weighted by Gasteiger charge is -2.01. The molecule has 2 nitrogen and oxygen atoms in total. The van der Waals surface area contributed by atoms with E-state index in [1.165, 1.54) is 13.1 Å². The second kappa shape index (κ2) is 2.65. The largest absolute Gasteiger partial charge is 0.435 e. The van der Waals surface area contributed by atoms with Gasteiger partial charge in [-0.15, -0.1) is 0 Å². The highest BCUT2D eigenvalue weighted by Crippen LogP contribution is 2.30. The van der Waals surface area contributed by atoms with Gasteiger partial charge < -0.3 is 0 Å². The first kappa shape index (κ1) is 8.82. The van der Waals surface area contributed by atoms with Crippen LogP contribution in [-0.4, -0.2) is 7.99 Å². The molecule has 0 spiro atoms. The maximum absolute atomic E-state index is 12.0. The van der Waals surface area contributed by atoms with E-state index in [1.54, 1.807) is 22.9 Å². The minimum absolute atomic E-state index is 0.145. The van der Waals surface area contributed by atoms with E-state index in [0.717, 1.165) is 2.90 Å². The number of aryl methyl sites for hydroxylation is 1. The molecule has 0 amide bonds. The van der Waals surface area contributed by atoms with Gasteiger partial charge in [0.2, 0.25) is 0 Å². The van der Waals surface area contributed by atoms with Crippen molar-refractivity contribution in [3.8, 4) is 0 Å². The monoisotopic (exact) mass is 276 g/mol. The van der Waals surface area contributed by atoms with Crippen molar-refractivity contribution in [2.75, 3.05) is 0 Å². The fourth-order valence-electron chi connectivity index (χ4n) is 0.704. The number of rotatable bonds is 0. The van der Waals surface area contributed by atoms with E-state index in [2.05, 4.69) is 5.10 Å². The van der Waals surface area contributed by atoms with Gasteiger partial charge in [-0.25, -0.2) is 2.90 Å². The molecule has 62 valence electrons. The van der Waals surface area contributed by atoms with Gasteiger partial charge >= 0.3 is 6.18 Å². The molecule has 1 rings (SSSR count). The first-order valence-corrected chi connectivity index (χ1v) is 3.67. The van der Waals surface area contributed by atoms with Crippen molar-refractivity contribution in [2.24, 2.45) is 0 Å². The fourth-order valence-corrected chi connectivity index (χ4v) is 1.34. The standard InChI is InChI=1S/C5H4F3IN2/c1-3-2-11(9)10-4(3)5(6,7)8/h2H,1H3. The minimum atomic E-state index is -4.33. The fraction of sp³-hybridized carbons (Fsp3) is 0.400. The van der Waals surface area contributed by atoms with E-state index in [4.69, 9.17) is 0 Å². The molecule has 11 heavy (non-hydrogen) atoms. The number of halogens is 4. The zero-order chi connectivity index (χ0) is 8.65. The maximum Gasteiger partial charge on any atom is 0.435 e. The zero-order valence-electron chi connectivity index (χ0n) is 5.48. The van der Waals surface area contributed by atoms with Gasteiger partial charge in [0.05, 0.1) is 22.9 Å².